The fraction of sp³-hybridized carbons (Fsp3) is 0.464. The molecule has 6 nitrogen and oxygen atoms in total. The van der Waals surface area contributed by atoms with Gasteiger partial charge in [0.1, 0.15) is 0 Å². The van der Waals surface area contributed by atoms with Gasteiger partial charge >= 0.3 is 0 Å². The molecule has 1 aliphatic carbocycles. The molecule has 0 spiro atoms. The van der Waals surface area contributed by atoms with Crippen LogP contribution >= 0.6 is 0 Å². The molecule has 2 heterocycles. The Labute approximate surface area is 201 Å². The van der Waals surface area contributed by atoms with E-state index in [9.17, 15) is 9.90 Å². The number of carbonyl (C=O) groups is 1. The number of allylic oxidation sites excluding steroid dienone is 1. The van der Waals surface area contributed by atoms with Gasteiger partial charge in [0.25, 0.3) is 5.91 Å². The second-order valence-electron chi connectivity index (χ2n) is 9.18. The Hall–Kier alpha value is -2.67. The molecule has 0 aromatic heterocycles. The number of morpholine rings is 1. The van der Waals surface area contributed by atoms with E-state index in [2.05, 4.69) is 42.5 Å². The van der Waals surface area contributed by atoms with Gasteiger partial charge in [0.2, 0.25) is 6.29 Å². The zero-order valence-corrected chi connectivity index (χ0v) is 19.7. The van der Waals surface area contributed by atoms with Crippen molar-refractivity contribution in [1.82, 2.24) is 4.90 Å². The molecule has 6 heteroatoms. The Bertz CT molecular complexity index is 1060. The third-order valence-electron chi connectivity index (χ3n) is 7.12. The van der Waals surface area contributed by atoms with Crippen LogP contribution in [-0.4, -0.2) is 61.7 Å². The van der Waals surface area contributed by atoms with Crippen LogP contribution in [0, 0.1) is 5.92 Å². The van der Waals surface area contributed by atoms with Crippen LogP contribution < -0.4 is 0 Å². The highest BCUT2D eigenvalue weighted by molar-refractivity contribution is 5.92. The average molecular weight is 464 g/mol. The first-order valence-corrected chi connectivity index (χ1v) is 12.4. The van der Waals surface area contributed by atoms with E-state index in [1.807, 2.05) is 13.0 Å². The molecule has 0 bridgehead atoms. The molecule has 180 valence electrons. The molecule has 2 aromatic rings. The van der Waals surface area contributed by atoms with E-state index in [-0.39, 0.29) is 24.3 Å². The Kier molecular flexibility index (Phi) is 6.99. The van der Waals surface area contributed by atoms with E-state index in [0.717, 1.165) is 18.4 Å². The molecule has 3 atom stereocenters. The largest absolute Gasteiger partial charge is 0.459 e. The van der Waals surface area contributed by atoms with Crippen LogP contribution in [0.25, 0.3) is 11.1 Å². The topological polar surface area (TPSA) is 68.2 Å². The second kappa shape index (κ2) is 10.3. The highest BCUT2D eigenvalue weighted by Gasteiger charge is 2.39. The maximum atomic E-state index is 13.3. The third-order valence-corrected chi connectivity index (χ3v) is 7.12. The Morgan fingerprint density at radius 1 is 1.12 bits per heavy atom. The summed E-state index contributed by atoms with van der Waals surface area (Å²) in [5, 5.41) is 9.54. The van der Waals surface area contributed by atoms with E-state index in [4.69, 9.17) is 14.2 Å². The number of amides is 1. The van der Waals surface area contributed by atoms with Crippen molar-refractivity contribution >= 4 is 5.91 Å². The number of ether oxygens (including phenoxy) is 3. The second-order valence-corrected chi connectivity index (χ2v) is 9.18. The molecular formula is C28H33NO5. The Morgan fingerprint density at radius 3 is 2.71 bits per heavy atom. The third kappa shape index (κ3) is 4.50. The molecule has 1 N–H and O–H groups in total. The van der Waals surface area contributed by atoms with Gasteiger partial charge in [-0.15, -0.1) is 0 Å². The molecule has 0 radical (unpaired) electrons. The number of aliphatic hydroxyl groups excluding tert-OH is 1. The van der Waals surface area contributed by atoms with Gasteiger partial charge in [-0.2, -0.15) is 0 Å². The molecule has 2 aromatic carbocycles. The molecule has 2 aliphatic heterocycles. The van der Waals surface area contributed by atoms with Gasteiger partial charge in [-0.25, -0.2) is 0 Å². The lowest BCUT2D eigenvalue weighted by atomic mass is 9.79. The fourth-order valence-electron chi connectivity index (χ4n) is 5.43. The lowest BCUT2D eigenvalue weighted by Crippen LogP contribution is -2.44. The molecular weight excluding hydrogens is 430 g/mol. The minimum Gasteiger partial charge on any atom is -0.459 e. The van der Waals surface area contributed by atoms with Crippen LogP contribution in [-0.2, 0) is 25.4 Å². The molecule has 3 aliphatic rings. The number of nitrogens with zero attached hydrogens (tertiary/aromatic N) is 1. The number of carbonyl (C=O) groups excluding carboxylic acids is 1. The quantitative estimate of drug-likeness (QED) is 0.576. The summed E-state index contributed by atoms with van der Waals surface area (Å²) in [4.78, 5) is 15.1. The summed E-state index contributed by atoms with van der Waals surface area (Å²) in [6.45, 7) is 4.76. The minimum atomic E-state index is -0.531. The summed E-state index contributed by atoms with van der Waals surface area (Å²) in [7, 11) is 0. The van der Waals surface area contributed by atoms with Crippen LogP contribution in [0.1, 0.15) is 42.4 Å². The number of aliphatic hydroxyl groups is 1. The van der Waals surface area contributed by atoms with Gasteiger partial charge in [-0.05, 0) is 60.1 Å². The predicted molar refractivity (Wildman–Crippen MR) is 129 cm³/mol. The van der Waals surface area contributed by atoms with Gasteiger partial charge in [-0.3, -0.25) is 4.79 Å². The molecule has 5 rings (SSSR count). The van der Waals surface area contributed by atoms with Gasteiger partial charge in [-0.1, -0.05) is 42.5 Å². The zero-order valence-electron chi connectivity index (χ0n) is 19.7. The minimum absolute atomic E-state index is 0.00941. The maximum Gasteiger partial charge on any atom is 0.288 e. The SMILES string of the molecule is CCO[C@H]1OC(C(=O)N2CCOCC2)=C[C@@H](c2ccc3c(c2)Cc2ccccc2-3)[C@H]1CCCO. The van der Waals surface area contributed by atoms with Gasteiger partial charge < -0.3 is 24.2 Å². The van der Waals surface area contributed by atoms with Crippen molar-refractivity contribution in [3.8, 4) is 11.1 Å². The monoisotopic (exact) mass is 463 g/mol. The van der Waals surface area contributed by atoms with Gasteiger partial charge in [0, 0.05) is 38.1 Å². The number of hydrogen-bond acceptors (Lipinski definition) is 5. The van der Waals surface area contributed by atoms with Crippen LogP contribution in [0.5, 0.6) is 0 Å². The number of rotatable bonds is 7. The van der Waals surface area contributed by atoms with Crippen molar-refractivity contribution in [2.75, 3.05) is 39.5 Å². The summed E-state index contributed by atoms with van der Waals surface area (Å²) in [6.07, 6.45) is 3.78. The average Bonchev–Trinajstić information content (AvgIpc) is 3.25. The molecule has 1 saturated heterocycles. The van der Waals surface area contributed by atoms with E-state index in [0.29, 0.717) is 45.1 Å². The Morgan fingerprint density at radius 2 is 1.91 bits per heavy atom. The lowest BCUT2D eigenvalue weighted by molar-refractivity contribution is -0.171. The van der Waals surface area contributed by atoms with Crippen LogP contribution in [0.4, 0.5) is 0 Å². The number of hydrogen-bond donors (Lipinski definition) is 1. The van der Waals surface area contributed by atoms with Gasteiger partial charge in [0.05, 0.1) is 13.2 Å². The highest BCUT2D eigenvalue weighted by atomic mass is 16.7. The van der Waals surface area contributed by atoms with Gasteiger partial charge in [0.15, 0.2) is 5.76 Å². The summed E-state index contributed by atoms with van der Waals surface area (Å²) in [5.74, 6) is 0.225. The number of benzene rings is 2. The van der Waals surface area contributed by atoms with E-state index in [1.54, 1.807) is 4.90 Å². The molecule has 1 fully saturated rings. The number of fused-ring (bicyclic) bond motifs is 3. The van der Waals surface area contributed by atoms with Crippen molar-refractivity contribution in [3.63, 3.8) is 0 Å². The van der Waals surface area contributed by atoms with Crippen molar-refractivity contribution < 1.29 is 24.1 Å². The summed E-state index contributed by atoms with van der Waals surface area (Å²) >= 11 is 0. The van der Waals surface area contributed by atoms with Crippen LogP contribution in [0.15, 0.2) is 54.3 Å². The van der Waals surface area contributed by atoms with E-state index in [1.165, 1.54) is 22.3 Å². The molecule has 34 heavy (non-hydrogen) atoms. The summed E-state index contributed by atoms with van der Waals surface area (Å²) < 4.78 is 17.6. The highest BCUT2D eigenvalue weighted by Crippen LogP contribution is 2.43. The van der Waals surface area contributed by atoms with E-state index < -0.39 is 6.29 Å². The normalized spacial score (nSPS) is 23.6. The maximum absolute atomic E-state index is 13.3. The predicted octanol–water partition coefficient (Wildman–Crippen LogP) is 3.87. The van der Waals surface area contributed by atoms with Crippen molar-refractivity contribution in [3.05, 3.63) is 71.0 Å². The van der Waals surface area contributed by atoms with Crippen molar-refractivity contribution in [1.29, 1.82) is 0 Å². The van der Waals surface area contributed by atoms with Crippen LogP contribution in [0.3, 0.4) is 0 Å². The molecule has 1 amide bonds. The van der Waals surface area contributed by atoms with Crippen molar-refractivity contribution in [2.45, 2.75) is 38.4 Å². The standard InChI is InChI=1S/C28H33NO5/c1-2-33-28-24(8-5-13-30)25(18-26(34-28)27(31)29-11-14-32-15-12-29)20-9-10-23-21(17-20)16-19-6-3-4-7-22(19)23/h3-4,6-7,9-10,17-18,24-25,28,30H,2,5,8,11-16H2,1H3/t24-,25+,28+/m1/s1. The first-order valence-electron chi connectivity index (χ1n) is 12.4. The first kappa shape index (κ1) is 23.1. The Balaban J connectivity index is 1.50. The van der Waals surface area contributed by atoms with Crippen LogP contribution in [0.2, 0.25) is 0 Å². The van der Waals surface area contributed by atoms with E-state index >= 15 is 0 Å². The van der Waals surface area contributed by atoms with Crippen molar-refractivity contribution in [2.24, 2.45) is 5.92 Å². The zero-order chi connectivity index (χ0) is 23.5. The summed E-state index contributed by atoms with van der Waals surface area (Å²) in [5.41, 5.74) is 6.42. The lowest BCUT2D eigenvalue weighted by Gasteiger charge is -2.38. The smallest absolute Gasteiger partial charge is 0.288 e. The molecule has 0 unspecified atom stereocenters. The summed E-state index contributed by atoms with van der Waals surface area (Å²) in [6, 6.07) is 15.2. The first-order chi connectivity index (χ1) is 16.7. The fourth-order valence-corrected chi connectivity index (χ4v) is 5.43. The molecule has 0 saturated carbocycles.